The Labute approximate surface area is 128 Å². The van der Waals surface area contributed by atoms with Gasteiger partial charge in [-0.25, -0.2) is 0 Å². The van der Waals surface area contributed by atoms with E-state index in [1.807, 2.05) is 0 Å². The maximum atomic E-state index is 12.8. The Bertz CT molecular complexity index is 599. The molecule has 2 bridgehead atoms. The summed E-state index contributed by atoms with van der Waals surface area (Å²) in [5.74, 6) is 0.839. The molecule has 7 heteroatoms. The van der Waals surface area contributed by atoms with Crippen LogP contribution in [0, 0.1) is 11.8 Å². The van der Waals surface area contributed by atoms with Crippen LogP contribution < -0.4 is 0 Å². The van der Waals surface area contributed by atoms with Crippen molar-refractivity contribution in [1.82, 2.24) is 0 Å². The summed E-state index contributed by atoms with van der Waals surface area (Å²) in [6.07, 6.45) is -5.72. The van der Waals surface area contributed by atoms with Gasteiger partial charge in [0.25, 0.3) is 5.60 Å². The molecule has 0 aromatic heterocycles. The van der Waals surface area contributed by atoms with E-state index in [2.05, 4.69) is 12.2 Å². The highest BCUT2D eigenvalue weighted by atomic mass is 19.4. The normalized spacial score (nSPS) is 27.7. The first-order chi connectivity index (χ1) is 10.5. The molecular formula is C16H14F6O. The number of rotatable bonds is 2. The molecule has 3 unspecified atom stereocenters. The summed E-state index contributed by atoms with van der Waals surface area (Å²) in [4.78, 5) is 0. The number of hydrogen-bond donors (Lipinski definition) is 1. The minimum absolute atomic E-state index is 0.115. The number of alkyl halides is 6. The molecule has 1 N–H and O–H groups in total. The summed E-state index contributed by atoms with van der Waals surface area (Å²) in [5, 5.41) is 9.36. The minimum Gasteiger partial charge on any atom is -0.369 e. The largest absolute Gasteiger partial charge is 0.430 e. The van der Waals surface area contributed by atoms with Gasteiger partial charge in [-0.15, -0.1) is 0 Å². The molecule has 3 atom stereocenters. The monoisotopic (exact) mass is 336 g/mol. The highest BCUT2D eigenvalue weighted by Gasteiger charge is 2.71. The van der Waals surface area contributed by atoms with E-state index < -0.39 is 23.5 Å². The quantitative estimate of drug-likeness (QED) is 0.614. The Morgan fingerprint density at radius 2 is 1.39 bits per heavy atom. The van der Waals surface area contributed by atoms with Crippen molar-refractivity contribution in [2.24, 2.45) is 11.8 Å². The molecule has 0 amide bonds. The molecule has 0 radical (unpaired) electrons. The lowest BCUT2D eigenvalue weighted by Gasteiger charge is -2.33. The SMILES string of the molecule is OC(c1ccc(C2CC3C=CC2C3)cc1)(C(F)(F)F)C(F)(F)F. The van der Waals surface area contributed by atoms with Crippen molar-refractivity contribution in [1.29, 1.82) is 0 Å². The Morgan fingerprint density at radius 1 is 0.826 bits per heavy atom. The lowest BCUT2D eigenvalue weighted by Crippen LogP contribution is -2.53. The smallest absolute Gasteiger partial charge is 0.369 e. The van der Waals surface area contributed by atoms with Gasteiger partial charge < -0.3 is 5.11 Å². The van der Waals surface area contributed by atoms with E-state index in [0.29, 0.717) is 11.5 Å². The zero-order chi connectivity index (χ0) is 17.0. The maximum Gasteiger partial charge on any atom is 0.430 e. The van der Waals surface area contributed by atoms with Crippen LogP contribution in [0.4, 0.5) is 26.3 Å². The molecule has 0 spiro atoms. The third-order valence-corrected chi connectivity index (χ3v) is 4.86. The Kier molecular flexibility index (Phi) is 3.55. The predicted molar refractivity (Wildman–Crippen MR) is 70.5 cm³/mol. The number of allylic oxidation sites excluding steroid dienone is 2. The summed E-state index contributed by atoms with van der Waals surface area (Å²) in [7, 11) is 0. The van der Waals surface area contributed by atoms with Gasteiger partial charge in [0.2, 0.25) is 0 Å². The van der Waals surface area contributed by atoms with E-state index in [-0.39, 0.29) is 11.8 Å². The standard InChI is InChI=1S/C16H14F6O/c17-15(18,19)14(23,16(20,21)22)12-5-3-10(4-6-12)13-8-9-1-2-11(13)7-9/h1-6,9,11,13,23H,7-8H2. The van der Waals surface area contributed by atoms with Crippen molar-refractivity contribution >= 4 is 0 Å². The van der Waals surface area contributed by atoms with Gasteiger partial charge in [0.15, 0.2) is 0 Å². The first-order valence-corrected chi connectivity index (χ1v) is 7.18. The van der Waals surface area contributed by atoms with E-state index in [0.717, 1.165) is 25.0 Å². The first kappa shape index (κ1) is 16.4. The van der Waals surface area contributed by atoms with Crippen LogP contribution in [-0.4, -0.2) is 17.5 Å². The molecular weight excluding hydrogens is 322 g/mol. The van der Waals surface area contributed by atoms with E-state index in [1.165, 1.54) is 12.1 Å². The molecule has 0 aliphatic heterocycles. The van der Waals surface area contributed by atoms with Gasteiger partial charge in [0.1, 0.15) is 0 Å². The first-order valence-electron chi connectivity index (χ1n) is 7.18. The average molecular weight is 336 g/mol. The molecule has 1 aromatic carbocycles. The zero-order valence-electron chi connectivity index (χ0n) is 11.8. The van der Waals surface area contributed by atoms with Crippen LogP contribution in [0.15, 0.2) is 36.4 Å². The average Bonchev–Trinajstić information content (AvgIpc) is 3.07. The molecule has 2 aliphatic carbocycles. The van der Waals surface area contributed by atoms with Gasteiger partial charge in [0.05, 0.1) is 0 Å². The zero-order valence-corrected chi connectivity index (χ0v) is 11.8. The second-order valence-electron chi connectivity index (χ2n) is 6.21. The van der Waals surface area contributed by atoms with Crippen molar-refractivity contribution in [3.8, 4) is 0 Å². The topological polar surface area (TPSA) is 20.2 Å². The molecule has 1 nitrogen and oxygen atoms in total. The van der Waals surface area contributed by atoms with Crippen molar-refractivity contribution in [3.63, 3.8) is 0 Å². The van der Waals surface area contributed by atoms with Gasteiger partial charge in [-0.05, 0) is 36.2 Å². The van der Waals surface area contributed by atoms with E-state index in [9.17, 15) is 31.4 Å². The van der Waals surface area contributed by atoms with Gasteiger partial charge in [-0.2, -0.15) is 26.3 Å². The molecule has 0 heterocycles. The fourth-order valence-electron chi connectivity index (χ4n) is 3.62. The van der Waals surface area contributed by atoms with Crippen LogP contribution in [0.5, 0.6) is 0 Å². The van der Waals surface area contributed by atoms with E-state index in [1.54, 1.807) is 0 Å². The van der Waals surface area contributed by atoms with Crippen LogP contribution in [0.1, 0.15) is 29.9 Å². The molecule has 1 fully saturated rings. The third-order valence-electron chi connectivity index (χ3n) is 4.86. The highest BCUT2D eigenvalue weighted by Crippen LogP contribution is 2.51. The second-order valence-corrected chi connectivity index (χ2v) is 6.21. The molecule has 0 saturated heterocycles. The predicted octanol–water partition coefficient (Wildman–Crippen LogP) is 4.68. The van der Waals surface area contributed by atoms with Gasteiger partial charge in [-0.1, -0.05) is 36.4 Å². The van der Waals surface area contributed by atoms with Crippen LogP contribution >= 0.6 is 0 Å². The van der Waals surface area contributed by atoms with Gasteiger partial charge in [-0.3, -0.25) is 0 Å². The summed E-state index contributed by atoms with van der Waals surface area (Å²) < 4.78 is 77.0. The number of aliphatic hydroxyl groups is 1. The lowest BCUT2D eigenvalue weighted by atomic mass is 9.84. The Morgan fingerprint density at radius 3 is 1.78 bits per heavy atom. The second kappa shape index (κ2) is 5.00. The molecule has 1 saturated carbocycles. The van der Waals surface area contributed by atoms with Gasteiger partial charge >= 0.3 is 12.4 Å². The van der Waals surface area contributed by atoms with Crippen molar-refractivity contribution < 1.29 is 31.4 Å². The summed E-state index contributed by atoms with van der Waals surface area (Å²) in [5.41, 5.74) is -5.36. The van der Waals surface area contributed by atoms with Crippen LogP contribution in [0.3, 0.4) is 0 Å². The highest BCUT2D eigenvalue weighted by molar-refractivity contribution is 5.34. The Balaban J connectivity index is 1.93. The van der Waals surface area contributed by atoms with E-state index in [4.69, 9.17) is 0 Å². The minimum atomic E-state index is -5.85. The number of benzene rings is 1. The molecule has 126 valence electrons. The molecule has 2 aliphatic rings. The van der Waals surface area contributed by atoms with Crippen molar-refractivity contribution in [2.75, 3.05) is 0 Å². The third kappa shape index (κ3) is 2.45. The lowest BCUT2D eigenvalue weighted by molar-refractivity contribution is -0.376. The number of halogens is 6. The van der Waals surface area contributed by atoms with E-state index >= 15 is 0 Å². The van der Waals surface area contributed by atoms with Gasteiger partial charge in [0, 0.05) is 5.56 Å². The summed E-state index contributed by atoms with van der Waals surface area (Å²) in [6.45, 7) is 0. The van der Waals surface area contributed by atoms with Crippen molar-refractivity contribution in [2.45, 2.75) is 36.7 Å². The molecule has 1 aromatic rings. The summed E-state index contributed by atoms with van der Waals surface area (Å²) >= 11 is 0. The molecule has 23 heavy (non-hydrogen) atoms. The van der Waals surface area contributed by atoms with Crippen LogP contribution in [0.2, 0.25) is 0 Å². The van der Waals surface area contributed by atoms with Crippen molar-refractivity contribution in [3.05, 3.63) is 47.5 Å². The van der Waals surface area contributed by atoms with Crippen LogP contribution in [0.25, 0.3) is 0 Å². The molecule has 3 rings (SSSR count). The fraction of sp³-hybridized carbons (Fsp3) is 0.500. The van der Waals surface area contributed by atoms with Crippen LogP contribution in [-0.2, 0) is 5.60 Å². The maximum absolute atomic E-state index is 12.8. The number of fused-ring (bicyclic) bond motifs is 2. The number of hydrogen-bond acceptors (Lipinski definition) is 1. The fourth-order valence-corrected chi connectivity index (χ4v) is 3.62. The summed E-state index contributed by atoms with van der Waals surface area (Å²) in [6, 6.07) is 3.98. The Hall–Kier alpha value is -1.50.